The first-order valence-electron chi connectivity index (χ1n) is 7.64. The van der Waals surface area contributed by atoms with E-state index < -0.39 is 29.2 Å². The standard InChI is InChI=1S/C18H19F2N3O3.ClH/c1-25-12-7-13(19)15(14(20)8-12)16(26-2)18(24)23-9-10-3-5-11(6-4-10)17(21)22;/h3-8,16H,9H2,1-2H3,(H3,21,22)(H,23,24);1H/t16-;/m0./s1. The zero-order chi connectivity index (χ0) is 19.3. The van der Waals surface area contributed by atoms with Crippen LogP contribution in [0.5, 0.6) is 5.75 Å². The van der Waals surface area contributed by atoms with E-state index in [-0.39, 0.29) is 30.5 Å². The van der Waals surface area contributed by atoms with Crippen molar-refractivity contribution in [3.8, 4) is 5.75 Å². The molecule has 0 unspecified atom stereocenters. The number of amidine groups is 1. The van der Waals surface area contributed by atoms with Gasteiger partial charge in [-0.15, -0.1) is 12.4 Å². The lowest BCUT2D eigenvalue weighted by atomic mass is 10.1. The quantitative estimate of drug-likeness (QED) is 0.492. The highest BCUT2D eigenvalue weighted by molar-refractivity contribution is 5.94. The topological polar surface area (TPSA) is 97.4 Å². The zero-order valence-corrected chi connectivity index (χ0v) is 15.5. The number of nitrogens with two attached hydrogens (primary N) is 1. The van der Waals surface area contributed by atoms with E-state index in [2.05, 4.69) is 5.32 Å². The molecule has 0 aromatic heterocycles. The van der Waals surface area contributed by atoms with Crippen molar-refractivity contribution < 1.29 is 23.0 Å². The average Bonchev–Trinajstić information content (AvgIpc) is 2.62. The molecule has 2 aromatic rings. The number of methoxy groups -OCH3 is 2. The van der Waals surface area contributed by atoms with Gasteiger partial charge in [-0.1, -0.05) is 24.3 Å². The van der Waals surface area contributed by atoms with E-state index in [1.807, 2.05) is 0 Å². The van der Waals surface area contributed by atoms with Crippen molar-refractivity contribution in [2.75, 3.05) is 14.2 Å². The van der Waals surface area contributed by atoms with E-state index in [0.29, 0.717) is 5.56 Å². The van der Waals surface area contributed by atoms with Gasteiger partial charge in [0.1, 0.15) is 23.2 Å². The zero-order valence-electron chi connectivity index (χ0n) is 14.7. The van der Waals surface area contributed by atoms with E-state index in [9.17, 15) is 13.6 Å². The van der Waals surface area contributed by atoms with Gasteiger partial charge in [0.15, 0.2) is 6.10 Å². The number of nitrogen functional groups attached to an aromatic ring is 1. The van der Waals surface area contributed by atoms with Gasteiger partial charge in [-0.2, -0.15) is 0 Å². The summed E-state index contributed by atoms with van der Waals surface area (Å²) in [7, 11) is 2.47. The molecule has 0 saturated carbocycles. The minimum atomic E-state index is -1.45. The van der Waals surface area contributed by atoms with Crippen molar-refractivity contribution in [1.82, 2.24) is 5.32 Å². The number of amides is 1. The van der Waals surface area contributed by atoms with Crippen LogP contribution >= 0.6 is 12.4 Å². The Labute approximate surface area is 161 Å². The van der Waals surface area contributed by atoms with Gasteiger partial charge in [-0.25, -0.2) is 8.78 Å². The maximum atomic E-state index is 14.2. The van der Waals surface area contributed by atoms with Gasteiger partial charge in [-0.05, 0) is 5.56 Å². The van der Waals surface area contributed by atoms with Crippen molar-refractivity contribution in [2.24, 2.45) is 5.73 Å². The second-order valence-electron chi connectivity index (χ2n) is 5.45. The lowest BCUT2D eigenvalue weighted by molar-refractivity contribution is -0.131. The summed E-state index contributed by atoms with van der Waals surface area (Å²) in [6, 6.07) is 8.62. The Morgan fingerprint density at radius 3 is 2.19 bits per heavy atom. The predicted molar refractivity (Wildman–Crippen MR) is 99.2 cm³/mol. The van der Waals surface area contributed by atoms with Gasteiger partial charge >= 0.3 is 0 Å². The fourth-order valence-electron chi connectivity index (χ4n) is 2.37. The van der Waals surface area contributed by atoms with E-state index in [0.717, 1.165) is 17.7 Å². The van der Waals surface area contributed by atoms with Crippen LogP contribution in [0, 0.1) is 17.0 Å². The molecule has 0 aliphatic heterocycles. The van der Waals surface area contributed by atoms with Crippen LogP contribution in [-0.2, 0) is 16.1 Å². The molecular weight excluding hydrogens is 380 g/mol. The third kappa shape index (κ3) is 5.38. The second-order valence-corrected chi connectivity index (χ2v) is 5.45. The Balaban J connectivity index is 0.00000364. The van der Waals surface area contributed by atoms with Crippen LogP contribution in [0.3, 0.4) is 0 Å². The van der Waals surface area contributed by atoms with Crippen molar-refractivity contribution in [3.05, 3.63) is 64.7 Å². The number of rotatable bonds is 7. The Kier molecular flexibility index (Phi) is 8.14. The number of benzene rings is 2. The van der Waals surface area contributed by atoms with Gasteiger partial charge in [0.2, 0.25) is 0 Å². The monoisotopic (exact) mass is 399 g/mol. The Morgan fingerprint density at radius 2 is 1.74 bits per heavy atom. The first kappa shape index (κ1) is 22.3. The number of halogens is 3. The summed E-state index contributed by atoms with van der Waals surface area (Å²) in [5, 5.41) is 9.90. The number of carbonyl (C=O) groups is 1. The summed E-state index contributed by atoms with van der Waals surface area (Å²) in [5.74, 6) is -2.62. The molecule has 0 bridgehead atoms. The molecule has 9 heteroatoms. The molecule has 0 radical (unpaired) electrons. The fourth-order valence-corrected chi connectivity index (χ4v) is 2.37. The summed E-state index contributed by atoms with van der Waals surface area (Å²) in [5.41, 5.74) is 6.17. The summed E-state index contributed by atoms with van der Waals surface area (Å²) in [6.07, 6.45) is -1.45. The van der Waals surface area contributed by atoms with Crippen LogP contribution in [0.1, 0.15) is 22.8 Å². The smallest absolute Gasteiger partial charge is 0.254 e. The fraction of sp³-hybridized carbons (Fsp3) is 0.222. The number of hydrogen-bond donors (Lipinski definition) is 3. The maximum absolute atomic E-state index is 14.2. The Morgan fingerprint density at radius 1 is 1.19 bits per heavy atom. The Bertz CT molecular complexity index is 793. The van der Waals surface area contributed by atoms with E-state index in [1.165, 1.54) is 14.2 Å². The molecular formula is C18H20ClF2N3O3. The van der Waals surface area contributed by atoms with E-state index >= 15 is 0 Å². The molecule has 0 heterocycles. The van der Waals surface area contributed by atoms with E-state index in [4.69, 9.17) is 20.6 Å². The largest absolute Gasteiger partial charge is 0.497 e. The summed E-state index contributed by atoms with van der Waals surface area (Å²) < 4.78 is 38.1. The highest BCUT2D eigenvalue weighted by Crippen LogP contribution is 2.27. The lowest BCUT2D eigenvalue weighted by Crippen LogP contribution is -2.31. The van der Waals surface area contributed by atoms with Gasteiger partial charge < -0.3 is 20.5 Å². The van der Waals surface area contributed by atoms with Crippen LogP contribution in [0.15, 0.2) is 36.4 Å². The molecule has 2 aromatic carbocycles. The normalized spacial score (nSPS) is 11.3. The van der Waals surface area contributed by atoms with Gasteiger partial charge in [0.05, 0.1) is 12.7 Å². The Hall–Kier alpha value is -2.71. The molecule has 0 saturated heterocycles. The summed E-state index contributed by atoms with van der Waals surface area (Å²) in [4.78, 5) is 12.3. The summed E-state index contributed by atoms with van der Waals surface area (Å²) >= 11 is 0. The molecule has 0 aliphatic rings. The number of ether oxygens (including phenoxy) is 2. The molecule has 2 rings (SSSR count). The molecule has 146 valence electrons. The van der Waals surface area contributed by atoms with Crippen molar-refractivity contribution >= 4 is 24.1 Å². The van der Waals surface area contributed by atoms with Crippen LogP contribution in [0.25, 0.3) is 0 Å². The molecule has 27 heavy (non-hydrogen) atoms. The van der Waals surface area contributed by atoms with Crippen LogP contribution in [0.2, 0.25) is 0 Å². The van der Waals surface area contributed by atoms with Crippen molar-refractivity contribution in [2.45, 2.75) is 12.6 Å². The van der Waals surface area contributed by atoms with Gasteiger partial charge in [-0.3, -0.25) is 10.2 Å². The summed E-state index contributed by atoms with van der Waals surface area (Å²) in [6.45, 7) is 0.121. The predicted octanol–water partition coefficient (Wildman–Crippen LogP) is 2.68. The second kappa shape index (κ2) is 9.84. The number of hydrogen-bond acceptors (Lipinski definition) is 4. The lowest BCUT2D eigenvalue weighted by Gasteiger charge is -2.17. The first-order valence-corrected chi connectivity index (χ1v) is 7.64. The van der Waals surface area contributed by atoms with Crippen LogP contribution < -0.4 is 15.8 Å². The van der Waals surface area contributed by atoms with Gasteiger partial charge in [0, 0.05) is 31.4 Å². The third-order valence-corrected chi connectivity index (χ3v) is 3.76. The highest BCUT2D eigenvalue weighted by Gasteiger charge is 2.27. The minimum Gasteiger partial charge on any atom is -0.497 e. The molecule has 6 nitrogen and oxygen atoms in total. The first-order chi connectivity index (χ1) is 12.4. The van der Waals surface area contributed by atoms with Gasteiger partial charge in [0.25, 0.3) is 5.91 Å². The third-order valence-electron chi connectivity index (χ3n) is 3.76. The average molecular weight is 400 g/mol. The molecule has 0 aliphatic carbocycles. The molecule has 1 atom stereocenters. The molecule has 0 fully saturated rings. The molecule has 1 amide bonds. The SMILES string of the molecule is COc1cc(F)c([C@H](OC)C(=O)NCc2ccc(C(=N)N)cc2)c(F)c1.Cl. The number of carbonyl (C=O) groups excluding carboxylic acids is 1. The van der Waals surface area contributed by atoms with Crippen molar-refractivity contribution in [1.29, 1.82) is 5.41 Å². The van der Waals surface area contributed by atoms with Crippen LogP contribution in [-0.4, -0.2) is 26.0 Å². The number of nitrogens with one attached hydrogen (secondary N) is 2. The highest BCUT2D eigenvalue weighted by atomic mass is 35.5. The maximum Gasteiger partial charge on any atom is 0.254 e. The minimum absolute atomic E-state index is 0. The molecule has 0 spiro atoms. The van der Waals surface area contributed by atoms with Crippen LogP contribution in [0.4, 0.5) is 8.78 Å². The van der Waals surface area contributed by atoms with E-state index in [1.54, 1.807) is 24.3 Å². The van der Waals surface area contributed by atoms with Crippen molar-refractivity contribution in [3.63, 3.8) is 0 Å². The molecule has 4 N–H and O–H groups in total.